The number of fused-ring (bicyclic) bond motifs is 1. The van der Waals surface area contributed by atoms with E-state index in [9.17, 15) is 4.79 Å². The molecule has 23 heavy (non-hydrogen) atoms. The number of nitrogens with one attached hydrogen (secondary N) is 1. The standard InChI is InChI=1S/C14H15ClN6O2/c1-2-5-23-13-19-11(16)10-12(20-13)21(14(22)18-10)7-8-3-4-9(15)17-6-8/h3-4,6H,2,5,7H2,1H3,(H,18,22)(H2,16,19,20). The molecule has 3 aromatic heterocycles. The molecule has 8 nitrogen and oxygen atoms in total. The lowest BCUT2D eigenvalue weighted by atomic mass is 10.3. The fourth-order valence-electron chi connectivity index (χ4n) is 2.12. The van der Waals surface area contributed by atoms with Gasteiger partial charge >= 0.3 is 11.7 Å². The molecule has 3 aromatic rings. The van der Waals surface area contributed by atoms with Crippen LogP contribution >= 0.6 is 11.6 Å². The topological polar surface area (TPSA) is 112 Å². The molecule has 0 atom stereocenters. The highest BCUT2D eigenvalue weighted by Gasteiger charge is 2.15. The van der Waals surface area contributed by atoms with E-state index in [-0.39, 0.29) is 24.1 Å². The molecule has 0 radical (unpaired) electrons. The smallest absolute Gasteiger partial charge is 0.328 e. The molecule has 0 bridgehead atoms. The third kappa shape index (κ3) is 3.11. The fourth-order valence-corrected chi connectivity index (χ4v) is 2.23. The maximum atomic E-state index is 12.2. The molecule has 0 fully saturated rings. The van der Waals surface area contributed by atoms with Crippen LogP contribution in [0.15, 0.2) is 23.1 Å². The molecule has 3 heterocycles. The molecule has 9 heteroatoms. The number of hydrogen-bond acceptors (Lipinski definition) is 6. The molecule has 0 saturated heterocycles. The van der Waals surface area contributed by atoms with Crippen molar-refractivity contribution in [2.75, 3.05) is 12.3 Å². The number of ether oxygens (including phenoxy) is 1. The molecule has 0 spiro atoms. The van der Waals surface area contributed by atoms with Crippen molar-refractivity contribution in [3.63, 3.8) is 0 Å². The molecule has 0 aliphatic rings. The van der Waals surface area contributed by atoms with E-state index in [4.69, 9.17) is 22.1 Å². The van der Waals surface area contributed by atoms with Gasteiger partial charge in [-0.1, -0.05) is 24.6 Å². The molecule has 0 aliphatic heterocycles. The zero-order chi connectivity index (χ0) is 16.4. The molecule has 0 saturated carbocycles. The fraction of sp³-hybridized carbons (Fsp3) is 0.286. The molecular weight excluding hydrogens is 320 g/mol. The monoisotopic (exact) mass is 334 g/mol. The van der Waals surface area contributed by atoms with Gasteiger partial charge in [-0.05, 0) is 18.1 Å². The minimum absolute atomic E-state index is 0.152. The van der Waals surface area contributed by atoms with E-state index in [0.717, 1.165) is 12.0 Å². The first-order valence-electron chi connectivity index (χ1n) is 7.07. The number of nitrogen functional groups attached to an aromatic ring is 1. The summed E-state index contributed by atoms with van der Waals surface area (Å²) >= 11 is 5.77. The average Bonchev–Trinajstić information content (AvgIpc) is 2.84. The lowest BCUT2D eigenvalue weighted by molar-refractivity contribution is 0.293. The number of pyridine rings is 1. The Morgan fingerprint density at radius 1 is 1.39 bits per heavy atom. The average molecular weight is 335 g/mol. The van der Waals surface area contributed by atoms with Gasteiger partial charge in [0, 0.05) is 6.20 Å². The Morgan fingerprint density at radius 2 is 2.22 bits per heavy atom. The first-order valence-corrected chi connectivity index (χ1v) is 7.45. The molecular formula is C14H15ClN6O2. The summed E-state index contributed by atoms with van der Waals surface area (Å²) in [7, 11) is 0. The van der Waals surface area contributed by atoms with Gasteiger partial charge in [0.15, 0.2) is 11.5 Å². The number of nitrogens with two attached hydrogens (primary N) is 1. The summed E-state index contributed by atoms with van der Waals surface area (Å²) in [6, 6.07) is 3.61. The van der Waals surface area contributed by atoms with Crippen LogP contribution in [0.1, 0.15) is 18.9 Å². The van der Waals surface area contributed by atoms with Crippen molar-refractivity contribution in [2.45, 2.75) is 19.9 Å². The summed E-state index contributed by atoms with van der Waals surface area (Å²) in [5.74, 6) is 0.172. The van der Waals surface area contributed by atoms with Crippen molar-refractivity contribution in [1.82, 2.24) is 24.5 Å². The second kappa shape index (κ2) is 6.25. The predicted molar refractivity (Wildman–Crippen MR) is 86.7 cm³/mol. The van der Waals surface area contributed by atoms with Crippen LogP contribution < -0.4 is 16.2 Å². The van der Waals surface area contributed by atoms with E-state index in [1.165, 1.54) is 4.57 Å². The quantitative estimate of drug-likeness (QED) is 0.685. The number of rotatable bonds is 5. The van der Waals surface area contributed by atoms with Gasteiger partial charge in [0.25, 0.3) is 0 Å². The lowest BCUT2D eigenvalue weighted by Crippen LogP contribution is -2.18. The van der Waals surface area contributed by atoms with E-state index in [1.807, 2.05) is 6.92 Å². The molecule has 3 rings (SSSR count). The van der Waals surface area contributed by atoms with Crippen molar-refractivity contribution in [3.05, 3.63) is 39.5 Å². The molecule has 120 valence electrons. The normalized spacial score (nSPS) is 11.0. The Morgan fingerprint density at radius 3 is 2.91 bits per heavy atom. The largest absolute Gasteiger partial charge is 0.463 e. The lowest BCUT2D eigenvalue weighted by Gasteiger charge is -2.06. The zero-order valence-electron chi connectivity index (χ0n) is 12.4. The van der Waals surface area contributed by atoms with Crippen LogP contribution in [0, 0.1) is 0 Å². The van der Waals surface area contributed by atoms with Crippen molar-refractivity contribution < 1.29 is 4.74 Å². The number of H-pyrrole nitrogens is 1. The summed E-state index contributed by atoms with van der Waals surface area (Å²) < 4.78 is 6.87. The van der Waals surface area contributed by atoms with Gasteiger partial charge in [-0.15, -0.1) is 0 Å². The molecule has 0 aromatic carbocycles. The maximum absolute atomic E-state index is 12.2. The Kier molecular flexibility index (Phi) is 4.16. The summed E-state index contributed by atoms with van der Waals surface area (Å²) in [5, 5.41) is 0.391. The number of imidazole rings is 1. The summed E-state index contributed by atoms with van der Waals surface area (Å²) in [6.07, 6.45) is 2.42. The predicted octanol–water partition coefficient (Wildman–Crippen LogP) is 1.59. The highest BCUT2D eigenvalue weighted by Crippen LogP contribution is 2.18. The summed E-state index contributed by atoms with van der Waals surface area (Å²) in [6.45, 7) is 2.73. The SMILES string of the molecule is CCCOc1nc(N)c2[nH]c(=O)n(Cc3ccc(Cl)nc3)c2n1. The van der Waals surface area contributed by atoms with Crippen LogP contribution in [0.2, 0.25) is 5.15 Å². The number of anilines is 1. The molecule has 0 unspecified atom stereocenters. The van der Waals surface area contributed by atoms with Crippen LogP contribution in [0.5, 0.6) is 6.01 Å². The molecule has 0 amide bonds. The van der Waals surface area contributed by atoms with Crippen molar-refractivity contribution in [3.8, 4) is 6.01 Å². The number of aromatic nitrogens is 5. The number of halogens is 1. The van der Waals surface area contributed by atoms with Gasteiger partial charge in [0.05, 0.1) is 13.2 Å². The van der Waals surface area contributed by atoms with Gasteiger partial charge in [0.1, 0.15) is 10.7 Å². The number of nitrogens with zero attached hydrogens (tertiary/aromatic N) is 4. The van der Waals surface area contributed by atoms with Gasteiger partial charge < -0.3 is 15.5 Å². The van der Waals surface area contributed by atoms with E-state index in [1.54, 1.807) is 18.3 Å². The highest BCUT2D eigenvalue weighted by atomic mass is 35.5. The Balaban J connectivity index is 2.04. The van der Waals surface area contributed by atoms with Crippen molar-refractivity contribution in [1.29, 1.82) is 0 Å². The first kappa shape index (κ1) is 15.3. The number of hydrogen-bond donors (Lipinski definition) is 2. The van der Waals surface area contributed by atoms with Gasteiger partial charge in [-0.3, -0.25) is 4.57 Å². The van der Waals surface area contributed by atoms with Crippen LogP contribution in [0.3, 0.4) is 0 Å². The second-order valence-corrected chi connectivity index (χ2v) is 5.33. The summed E-state index contributed by atoms with van der Waals surface area (Å²) in [5.41, 5.74) is 7.14. The van der Waals surface area contributed by atoms with Gasteiger partial charge in [-0.2, -0.15) is 9.97 Å². The maximum Gasteiger partial charge on any atom is 0.328 e. The van der Waals surface area contributed by atoms with Crippen LogP contribution in [-0.2, 0) is 6.54 Å². The van der Waals surface area contributed by atoms with E-state index < -0.39 is 0 Å². The van der Waals surface area contributed by atoms with Crippen LogP contribution in [-0.4, -0.2) is 31.1 Å². The van der Waals surface area contributed by atoms with Gasteiger partial charge in [0.2, 0.25) is 0 Å². The van der Waals surface area contributed by atoms with Crippen LogP contribution in [0.4, 0.5) is 5.82 Å². The number of aromatic amines is 1. The van der Waals surface area contributed by atoms with Crippen LogP contribution in [0.25, 0.3) is 11.2 Å². The minimum Gasteiger partial charge on any atom is -0.463 e. The first-order chi connectivity index (χ1) is 11.1. The Hall–Kier alpha value is -2.61. The third-order valence-corrected chi connectivity index (χ3v) is 3.42. The second-order valence-electron chi connectivity index (χ2n) is 4.94. The van der Waals surface area contributed by atoms with E-state index in [0.29, 0.717) is 22.9 Å². The van der Waals surface area contributed by atoms with Gasteiger partial charge in [-0.25, -0.2) is 9.78 Å². The highest BCUT2D eigenvalue weighted by molar-refractivity contribution is 6.29. The molecule has 0 aliphatic carbocycles. The molecule has 3 N–H and O–H groups in total. The Bertz CT molecular complexity index is 887. The van der Waals surface area contributed by atoms with Crippen molar-refractivity contribution in [2.24, 2.45) is 0 Å². The zero-order valence-corrected chi connectivity index (χ0v) is 13.2. The third-order valence-electron chi connectivity index (χ3n) is 3.19. The van der Waals surface area contributed by atoms with E-state index in [2.05, 4.69) is 19.9 Å². The Labute approximate surface area is 136 Å². The minimum atomic E-state index is -0.330. The van der Waals surface area contributed by atoms with Crippen molar-refractivity contribution >= 4 is 28.6 Å². The van der Waals surface area contributed by atoms with E-state index >= 15 is 0 Å². The summed E-state index contributed by atoms with van der Waals surface area (Å²) in [4.78, 5) is 27.2.